The predicted octanol–water partition coefficient (Wildman–Crippen LogP) is -1.37. The summed E-state index contributed by atoms with van der Waals surface area (Å²) < 4.78 is 1.30. The summed E-state index contributed by atoms with van der Waals surface area (Å²) in [7, 11) is 2.36. The van der Waals surface area contributed by atoms with E-state index in [2.05, 4.69) is 23.0 Å². The largest absolute Gasteiger partial charge is 1.00 e. The maximum atomic E-state index is 3.48. The molecule has 0 unspecified atom stereocenters. The summed E-state index contributed by atoms with van der Waals surface area (Å²) in [4.78, 5) is 0. The molecule has 1 heterocycles. The van der Waals surface area contributed by atoms with Crippen LogP contribution in [0.25, 0.3) is 0 Å². The van der Waals surface area contributed by atoms with Crippen LogP contribution in [0.1, 0.15) is 12.8 Å². The first-order valence-electron chi connectivity index (χ1n) is 3.66. The Morgan fingerprint density at radius 3 is 2.20 bits per heavy atom. The number of alkyl halides is 1. The Morgan fingerprint density at radius 2 is 1.80 bits per heavy atom. The zero-order chi connectivity index (χ0) is 6.74. The van der Waals surface area contributed by atoms with Crippen molar-refractivity contribution in [1.82, 2.24) is 0 Å². The minimum absolute atomic E-state index is 0. The highest BCUT2D eigenvalue weighted by Crippen LogP contribution is 2.15. The van der Waals surface area contributed by atoms with E-state index in [1.54, 1.807) is 0 Å². The minimum Gasteiger partial charge on any atom is -1.00 e. The second-order valence-electron chi connectivity index (χ2n) is 3.19. The van der Waals surface area contributed by atoms with E-state index in [0.29, 0.717) is 0 Å². The molecule has 1 aliphatic rings. The molecule has 1 fully saturated rings. The second kappa shape index (κ2) is 4.93. The number of likely N-dealkylation sites (tertiary alicyclic amines) is 1. The fourth-order valence-corrected chi connectivity index (χ4v) is 2.38. The number of quaternary nitrogens is 1. The molecule has 0 aromatic carbocycles. The van der Waals surface area contributed by atoms with Gasteiger partial charge in [0.15, 0.2) is 0 Å². The average molecular weight is 320 g/mol. The van der Waals surface area contributed by atoms with Crippen LogP contribution in [-0.2, 0) is 0 Å². The van der Waals surface area contributed by atoms with Crippen molar-refractivity contribution < 1.29 is 28.5 Å². The van der Waals surface area contributed by atoms with Gasteiger partial charge in [-0.1, -0.05) is 15.9 Å². The summed E-state index contributed by atoms with van der Waals surface area (Å²) in [6.07, 6.45) is 2.87. The van der Waals surface area contributed by atoms with Gasteiger partial charge in [-0.25, -0.2) is 0 Å². The zero-order valence-electron chi connectivity index (χ0n) is 6.45. The molecule has 1 aliphatic heterocycles. The second-order valence-corrected chi connectivity index (χ2v) is 3.98. The molecule has 0 amide bonds. The van der Waals surface area contributed by atoms with E-state index in [0.717, 1.165) is 5.33 Å². The highest BCUT2D eigenvalue weighted by Gasteiger charge is 2.25. The van der Waals surface area contributed by atoms with Crippen molar-refractivity contribution in [2.45, 2.75) is 12.8 Å². The Hall–Kier alpha value is 1.17. The molecule has 0 radical (unpaired) electrons. The van der Waals surface area contributed by atoms with E-state index in [4.69, 9.17) is 0 Å². The molecule has 1 rings (SSSR count). The molecule has 1 nitrogen and oxygen atoms in total. The van der Waals surface area contributed by atoms with Crippen molar-refractivity contribution in [2.24, 2.45) is 0 Å². The maximum Gasteiger partial charge on any atom is 0.0883 e. The summed E-state index contributed by atoms with van der Waals surface area (Å²) >= 11 is 3.48. The van der Waals surface area contributed by atoms with E-state index in [-0.39, 0.29) is 24.0 Å². The first-order chi connectivity index (χ1) is 4.27. The van der Waals surface area contributed by atoms with E-state index in [9.17, 15) is 0 Å². The Bertz CT molecular complexity index is 91.6. The molecule has 10 heavy (non-hydrogen) atoms. The highest BCUT2D eigenvalue weighted by atomic mass is 127. The Labute approximate surface area is 88.9 Å². The van der Waals surface area contributed by atoms with E-state index < -0.39 is 0 Å². The van der Waals surface area contributed by atoms with E-state index >= 15 is 0 Å². The monoisotopic (exact) mass is 319 g/mol. The van der Waals surface area contributed by atoms with Gasteiger partial charge in [0.05, 0.1) is 32.0 Å². The van der Waals surface area contributed by atoms with Gasteiger partial charge in [-0.15, -0.1) is 0 Å². The van der Waals surface area contributed by atoms with Gasteiger partial charge in [0.2, 0.25) is 0 Å². The van der Waals surface area contributed by atoms with Gasteiger partial charge in [0, 0.05) is 12.8 Å². The van der Waals surface area contributed by atoms with Crippen molar-refractivity contribution in [3.05, 3.63) is 0 Å². The number of halogens is 2. The molecule has 0 aromatic rings. The third-order valence-corrected chi connectivity index (χ3v) is 2.62. The van der Waals surface area contributed by atoms with Crippen LogP contribution >= 0.6 is 15.9 Å². The molecule has 0 bridgehead atoms. The van der Waals surface area contributed by atoms with Crippen LogP contribution < -0.4 is 24.0 Å². The van der Waals surface area contributed by atoms with Gasteiger partial charge in [-0.05, 0) is 0 Å². The first-order valence-corrected chi connectivity index (χ1v) is 4.78. The SMILES string of the molecule is C[N+]1(CCBr)CCCC1.[I-]. The Kier molecular flexibility index (Phi) is 5.51. The van der Waals surface area contributed by atoms with Crippen LogP contribution in [-0.4, -0.2) is 36.5 Å². The van der Waals surface area contributed by atoms with Crippen LogP contribution in [0, 0.1) is 0 Å². The van der Waals surface area contributed by atoms with Gasteiger partial charge in [-0.3, -0.25) is 0 Å². The highest BCUT2D eigenvalue weighted by molar-refractivity contribution is 9.09. The Balaban J connectivity index is 0.000000810. The average Bonchev–Trinajstić information content (AvgIpc) is 2.16. The van der Waals surface area contributed by atoms with Gasteiger partial charge in [0.1, 0.15) is 0 Å². The van der Waals surface area contributed by atoms with E-state index in [1.807, 2.05) is 0 Å². The molecular formula is C7H15BrIN. The van der Waals surface area contributed by atoms with Crippen molar-refractivity contribution in [3.8, 4) is 0 Å². The zero-order valence-corrected chi connectivity index (χ0v) is 10.2. The number of nitrogens with zero attached hydrogens (tertiary/aromatic N) is 1. The van der Waals surface area contributed by atoms with Gasteiger partial charge >= 0.3 is 0 Å². The van der Waals surface area contributed by atoms with Crippen LogP contribution in [0.4, 0.5) is 0 Å². The van der Waals surface area contributed by atoms with Crippen LogP contribution in [0.5, 0.6) is 0 Å². The van der Waals surface area contributed by atoms with Crippen molar-refractivity contribution >= 4 is 15.9 Å². The molecule has 0 spiro atoms. The summed E-state index contributed by atoms with van der Waals surface area (Å²) in [5.41, 5.74) is 0. The summed E-state index contributed by atoms with van der Waals surface area (Å²) in [6, 6.07) is 0. The van der Waals surface area contributed by atoms with Crippen molar-refractivity contribution in [3.63, 3.8) is 0 Å². The maximum absolute atomic E-state index is 3.48. The fraction of sp³-hybridized carbons (Fsp3) is 1.00. The molecule has 0 N–H and O–H groups in total. The number of hydrogen-bond donors (Lipinski definition) is 0. The third kappa shape index (κ3) is 3.05. The Morgan fingerprint density at radius 1 is 1.30 bits per heavy atom. The van der Waals surface area contributed by atoms with Crippen molar-refractivity contribution in [1.29, 1.82) is 0 Å². The standard InChI is InChI=1S/C7H15BrN.HI/c1-9(7-4-8)5-2-3-6-9;/h2-7H2,1H3;1H/q+1;/p-1. The molecular weight excluding hydrogens is 305 g/mol. The third-order valence-electron chi connectivity index (χ3n) is 2.27. The quantitative estimate of drug-likeness (QED) is 0.335. The number of hydrogen-bond acceptors (Lipinski definition) is 0. The lowest BCUT2D eigenvalue weighted by molar-refractivity contribution is -0.895. The van der Waals surface area contributed by atoms with Crippen LogP contribution in [0.2, 0.25) is 0 Å². The van der Waals surface area contributed by atoms with Crippen LogP contribution in [0.3, 0.4) is 0 Å². The van der Waals surface area contributed by atoms with Crippen molar-refractivity contribution in [2.75, 3.05) is 32.0 Å². The first kappa shape index (κ1) is 11.2. The summed E-state index contributed by atoms with van der Waals surface area (Å²) in [5.74, 6) is 0. The fourth-order valence-electron chi connectivity index (χ4n) is 1.53. The molecule has 62 valence electrons. The molecule has 0 aromatic heterocycles. The molecule has 0 atom stereocenters. The molecule has 3 heteroatoms. The van der Waals surface area contributed by atoms with Gasteiger partial charge in [0.25, 0.3) is 0 Å². The minimum atomic E-state index is 0. The van der Waals surface area contributed by atoms with Gasteiger partial charge in [-0.2, -0.15) is 0 Å². The molecule has 0 aliphatic carbocycles. The lowest BCUT2D eigenvalue weighted by Crippen LogP contribution is -3.00. The predicted molar refractivity (Wildman–Crippen MR) is 43.8 cm³/mol. The normalized spacial score (nSPS) is 22.2. The lowest BCUT2D eigenvalue weighted by Gasteiger charge is -2.27. The lowest BCUT2D eigenvalue weighted by atomic mass is 10.4. The molecule has 1 saturated heterocycles. The van der Waals surface area contributed by atoms with E-state index in [1.165, 1.54) is 37.0 Å². The van der Waals surface area contributed by atoms with Crippen LogP contribution in [0.15, 0.2) is 0 Å². The molecule has 0 saturated carbocycles. The van der Waals surface area contributed by atoms with Gasteiger partial charge < -0.3 is 28.5 Å². The number of rotatable bonds is 2. The summed E-state index contributed by atoms with van der Waals surface area (Å²) in [6.45, 7) is 4.09. The summed E-state index contributed by atoms with van der Waals surface area (Å²) in [5, 5.41) is 1.16. The smallest absolute Gasteiger partial charge is 0.0883 e. The topological polar surface area (TPSA) is 0 Å².